The largest absolute Gasteiger partial charge is 0.507 e. The van der Waals surface area contributed by atoms with Crippen molar-refractivity contribution >= 4 is 40.7 Å². The molecule has 31 heavy (non-hydrogen) atoms. The molecule has 2 aromatic rings. The van der Waals surface area contributed by atoms with Gasteiger partial charge in [0, 0.05) is 24.5 Å². The highest BCUT2D eigenvalue weighted by molar-refractivity contribution is 6.46. The Balaban J connectivity index is 2.12. The SMILES string of the molecule is COc1c(Cl)cc(/C(O)=C2\C(=O)C(=O)N(CCOC(C)C)C2c2ccncc2)cc1Cl. The van der Waals surface area contributed by atoms with Gasteiger partial charge in [-0.15, -0.1) is 0 Å². The molecule has 2 heterocycles. The highest BCUT2D eigenvalue weighted by Crippen LogP contribution is 2.41. The second kappa shape index (κ2) is 9.68. The number of ketones is 1. The highest BCUT2D eigenvalue weighted by atomic mass is 35.5. The molecule has 0 bridgehead atoms. The standard InChI is InChI=1S/C22H22Cl2N2O5/c1-12(2)31-9-8-26-18(13-4-6-25-7-5-13)17(20(28)22(26)29)19(27)14-10-15(23)21(30-3)16(24)11-14/h4-7,10-12,18,27H,8-9H2,1-3H3/b19-17+. The van der Waals surface area contributed by atoms with Crippen molar-refractivity contribution in [3.05, 3.63) is 63.4 Å². The number of ether oxygens (including phenoxy) is 2. The zero-order valence-corrected chi connectivity index (χ0v) is 18.8. The van der Waals surface area contributed by atoms with Gasteiger partial charge in [-0.25, -0.2) is 0 Å². The van der Waals surface area contributed by atoms with Gasteiger partial charge < -0.3 is 19.5 Å². The Morgan fingerprint density at radius 1 is 1.19 bits per heavy atom. The number of aliphatic hydroxyl groups excluding tert-OH is 1. The van der Waals surface area contributed by atoms with Crippen molar-refractivity contribution in [2.45, 2.75) is 26.0 Å². The van der Waals surface area contributed by atoms with Gasteiger partial charge in [0.2, 0.25) is 0 Å². The first-order valence-corrected chi connectivity index (χ1v) is 10.3. The lowest BCUT2D eigenvalue weighted by molar-refractivity contribution is -0.140. The van der Waals surface area contributed by atoms with Crippen LogP contribution in [0.1, 0.15) is 31.0 Å². The van der Waals surface area contributed by atoms with Crippen LogP contribution in [0.25, 0.3) is 5.76 Å². The van der Waals surface area contributed by atoms with Gasteiger partial charge in [-0.2, -0.15) is 0 Å². The molecular weight excluding hydrogens is 443 g/mol. The van der Waals surface area contributed by atoms with Gasteiger partial charge in [-0.3, -0.25) is 14.6 Å². The Bertz CT molecular complexity index is 1000. The van der Waals surface area contributed by atoms with Gasteiger partial charge in [-0.1, -0.05) is 23.2 Å². The summed E-state index contributed by atoms with van der Waals surface area (Å²) in [5, 5.41) is 11.4. The molecule has 0 spiro atoms. The van der Waals surface area contributed by atoms with Crippen LogP contribution < -0.4 is 4.74 Å². The number of carbonyl (C=O) groups is 2. The molecule has 1 aromatic carbocycles. The molecule has 1 N–H and O–H groups in total. The quantitative estimate of drug-likeness (QED) is 0.374. The number of Topliss-reactive ketones (excluding diaryl/α,β-unsaturated/α-hetero) is 1. The molecule has 1 atom stereocenters. The summed E-state index contributed by atoms with van der Waals surface area (Å²) < 4.78 is 10.7. The van der Waals surface area contributed by atoms with Crippen LogP contribution in [0.5, 0.6) is 5.75 Å². The van der Waals surface area contributed by atoms with Gasteiger partial charge in [0.25, 0.3) is 11.7 Å². The summed E-state index contributed by atoms with van der Waals surface area (Å²) in [6.45, 7) is 4.18. The molecule has 7 nitrogen and oxygen atoms in total. The number of methoxy groups -OCH3 is 1. The summed E-state index contributed by atoms with van der Waals surface area (Å²) >= 11 is 12.4. The highest BCUT2D eigenvalue weighted by Gasteiger charge is 2.46. The third-order valence-electron chi connectivity index (χ3n) is 4.82. The summed E-state index contributed by atoms with van der Waals surface area (Å²) in [5.41, 5.74) is 0.773. The smallest absolute Gasteiger partial charge is 0.295 e. The number of amides is 1. The number of halogens is 2. The van der Waals surface area contributed by atoms with Crippen molar-refractivity contribution in [3.8, 4) is 5.75 Å². The number of pyridine rings is 1. The first kappa shape index (κ1) is 23.1. The van der Waals surface area contributed by atoms with E-state index < -0.39 is 17.7 Å². The number of aromatic nitrogens is 1. The number of nitrogens with zero attached hydrogens (tertiary/aromatic N) is 2. The molecule has 1 aliphatic rings. The van der Waals surface area contributed by atoms with Crippen LogP contribution in [0.15, 0.2) is 42.2 Å². The van der Waals surface area contributed by atoms with E-state index in [4.69, 9.17) is 32.7 Å². The first-order valence-electron chi connectivity index (χ1n) is 9.59. The normalized spacial score (nSPS) is 18.1. The van der Waals surface area contributed by atoms with E-state index in [-0.39, 0.29) is 51.9 Å². The molecule has 3 rings (SSSR count). The number of carbonyl (C=O) groups excluding carboxylic acids is 2. The molecule has 9 heteroatoms. The van der Waals surface area contributed by atoms with Crippen molar-refractivity contribution in [1.82, 2.24) is 9.88 Å². The van der Waals surface area contributed by atoms with Crippen LogP contribution in [0.4, 0.5) is 0 Å². The van der Waals surface area contributed by atoms with Crippen LogP contribution in [0, 0.1) is 0 Å². The average molecular weight is 465 g/mol. The molecule has 1 fully saturated rings. The minimum Gasteiger partial charge on any atom is -0.507 e. The Hall–Kier alpha value is -2.61. The molecule has 0 saturated carbocycles. The zero-order valence-electron chi connectivity index (χ0n) is 17.3. The number of aliphatic hydroxyl groups is 1. The lowest BCUT2D eigenvalue weighted by atomic mass is 9.96. The Kier molecular flexibility index (Phi) is 7.20. The van der Waals surface area contributed by atoms with E-state index in [0.717, 1.165) is 0 Å². The second-order valence-electron chi connectivity index (χ2n) is 7.17. The molecule has 1 aliphatic heterocycles. The van der Waals surface area contributed by atoms with Gasteiger partial charge in [0.05, 0.1) is 41.5 Å². The number of rotatable bonds is 7. The fourth-order valence-corrected chi connectivity index (χ4v) is 4.08. The Labute approximate surface area is 190 Å². The molecule has 164 valence electrons. The number of benzene rings is 1. The fourth-order valence-electron chi connectivity index (χ4n) is 3.44. The van der Waals surface area contributed by atoms with E-state index in [1.54, 1.807) is 24.5 Å². The average Bonchev–Trinajstić information content (AvgIpc) is 2.98. The summed E-state index contributed by atoms with van der Waals surface area (Å²) in [6.07, 6.45) is 3.09. The maximum Gasteiger partial charge on any atom is 0.295 e. The molecule has 1 aromatic heterocycles. The predicted octanol–water partition coefficient (Wildman–Crippen LogP) is 4.24. The van der Waals surface area contributed by atoms with Gasteiger partial charge >= 0.3 is 0 Å². The lowest BCUT2D eigenvalue weighted by Crippen LogP contribution is -2.33. The minimum atomic E-state index is -0.807. The van der Waals surface area contributed by atoms with Crippen molar-refractivity contribution in [1.29, 1.82) is 0 Å². The van der Waals surface area contributed by atoms with E-state index in [1.165, 1.54) is 24.1 Å². The van der Waals surface area contributed by atoms with Crippen molar-refractivity contribution < 1.29 is 24.2 Å². The number of hydrogen-bond acceptors (Lipinski definition) is 6. The maximum atomic E-state index is 12.9. The van der Waals surface area contributed by atoms with Crippen molar-refractivity contribution in [2.75, 3.05) is 20.3 Å². The Morgan fingerprint density at radius 3 is 2.35 bits per heavy atom. The van der Waals surface area contributed by atoms with Crippen molar-refractivity contribution in [2.24, 2.45) is 0 Å². The molecule has 1 saturated heterocycles. The van der Waals surface area contributed by atoms with Crippen LogP contribution in [-0.2, 0) is 14.3 Å². The monoisotopic (exact) mass is 464 g/mol. The predicted molar refractivity (Wildman–Crippen MR) is 117 cm³/mol. The van der Waals surface area contributed by atoms with E-state index in [9.17, 15) is 14.7 Å². The maximum absolute atomic E-state index is 12.9. The van der Waals surface area contributed by atoms with Crippen LogP contribution in [0.3, 0.4) is 0 Å². The summed E-state index contributed by atoms with van der Waals surface area (Å²) in [7, 11) is 1.42. The minimum absolute atomic E-state index is 0.0280. The molecular formula is C22H22Cl2N2O5. The van der Waals surface area contributed by atoms with Crippen LogP contribution >= 0.6 is 23.2 Å². The van der Waals surface area contributed by atoms with Crippen molar-refractivity contribution in [3.63, 3.8) is 0 Å². The van der Waals surface area contributed by atoms with Gasteiger partial charge in [-0.05, 0) is 43.7 Å². The second-order valence-corrected chi connectivity index (χ2v) is 7.98. The Morgan fingerprint density at radius 2 is 1.81 bits per heavy atom. The fraction of sp³-hybridized carbons (Fsp3) is 0.318. The number of hydrogen-bond donors (Lipinski definition) is 1. The molecule has 1 amide bonds. The first-order chi connectivity index (χ1) is 14.8. The summed E-state index contributed by atoms with van der Waals surface area (Å²) in [5.74, 6) is -1.65. The third-order valence-corrected chi connectivity index (χ3v) is 5.38. The van der Waals surface area contributed by atoms with Crippen LogP contribution in [0.2, 0.25) is 10.0 Å². The van der Waals surface area contributed by atoms with Gasteiger partial charge in [0.15, 0.2) is 5.75 Å². The summed E-state index contributed by atoms with van der Waals surface area (Å²) in [6, 6.07) is 5.43. The van der Waals surface area contributed by atoms with E-state index in [1.807, 2.05) is 13.8 Å². The van der Waals surface area contributed by atoms with Crippen LogP contribution in [-0.4, -0.2) is 53.0 Å². The third kappa shape index (κ3) is 4.69. The molecule has 1 unspecified atom stereocenters. The molecule has 0 radical (unpaired) electrons. The lowest BCUT2D eigenvalue weighted by Gasteiger charge is -2.25. The summed E-state index contributed by atoms with van der Waals surface area (Å²) in [4.78, 5) is 31.2. The van der Waals surface area contributed by atoms with E-state index in [2.05, 4.69) is 4.98 Å². The molecule has 0 aliphatic carbocycles. The van der Waals surface area contributed by atoms with E-state index >= 15 is 0 Å². The van der Waals surface area contributed by atoms with Gasteiger partial charge in [0.1, 0.15) is 5.76 Å². The zero-order chi connectivity index (χ0) is 22.7. The van der Waals surface area contributed by atoms with E-state index in [0.29, 0.717) is 5.56 Å². The number of likely N-dealkylation sites (tertiary alicyclic amines) is 1. The topological polar surface area (TPSA) is 89.0 Å².